The van der Waals surface area contributed by atoms with Gasteiger partial charge in [-0.2, -0.15) is 0 Å². The molecule has 2 fully saturated rings. The van der Waals surface area contributed by atoms with Crippen LogP contribution in [0.4, 0.5) is 0 Å². The molecule has 29 heavy (non-hydrogen) atoms. The van der Waals surface area contributed by atoms with Crippen LogP contribution in [0.3, 0.4) is 0 Å². The first-order valence-corrected chi connectivity index (χ1v) is 10.7. The first kappa shape index (κ1) is 21.4. The van der Waals surface area contributed by atoms with Crippen molar-refractivity contribution >= 4 is 34.7 Å². The van der Waals surface area contributed by atoms with Crippen LogP contribution in [0.15, 0.2) is 30.3 Å². The molecule has 0 radical (unpaired) electrons. The van der Waals surface area contributed by atoms with E-state index in [9.17, 15) is 19.2 Å². The van der Waals surface area contributed by atoms with Crippen molar-refractivity contribution in [3.05, 3.63) is 35.9 Å². The van der Waals surface area contributed by atoms with E-state index in [0.717, 1.165) is 30.2 Å². The highest BCUT2D eigenvalue weighted by Crippen LogP contribution is 2.42. The van der Waals surface area contributed by atoms with Crippen LogP contribution in [0.5, 0.6) is 0 Å². The fourth-order valence-electron chi connectivity index (χ4n) is 3.81. The van der Waals surface area contributed by atoms with Gasteiger partial charge in [-0.1, -0.05) is 42.1 Å². The predicted molar refractivity (Wildman–Crippen MR) is 109 cm³/mol. The van der Waals surface area contributed by atoms with Crippen LogP contribution >= 0.6 is 11.8 Å². The van der Waals surface area contributed by atoms with E-state index in [1.54, 1.807) is 4.90 Å². The molecule has 2 amide bonds. The second-order valence-corrected chi connectivity index (χ2v) is 8.91. The highest BCUT2D eigenvalue weighted by molar-refractivity contribution is 8.14. The number of thioether (sulfide) groups is 1. The van der Waals surface area contributed by atoms with Crippen LogP contribution in [0, 0.1) is 5.92 Å². The van der Waals surface area contributed by atoms with Gasteiger partial charge in [0, 0.05) is 13.0 Å². The van der Waals surface area contributed by atoms with Crippen LogP contribution in [0.2, 0.25) is 0 Å². The van der Waals surface area contributed by atoms with E-state index in [4.69, 9.17) is 4.74 Å². The zero-order chi connectivity index (χ0) is 21.0. The van der Waals surface area contributed by atoms with Gasteiger partial charge in [0.1, 0.15) is 12.6 Å². The second-order valence-electron chi connectivity index (χ2n) is 7.53. The SMILES string of the molecule is COC(=O)CN1C(=O)[C@@H](NC(=O)[C@H](Cc2ccccc2)SC(C)=O)CCC2CC21. The molecule has 4 atom stereocenters. The van der Waals surface area contributed by atoms with Gasteiger partial charge in [0.15, 0.2) is 5.12 Å². The predicted octanol–water partition coefficient (Wildman–Crippen LogP) is 1.55. The monoisotopic (exact) mass is 418 g/mol. The topological polar surface area (TPSA) is 92.8 Å². The summed E-state index contributed by atoms with van der Waals surface area (Å²) in [6.07, 6.45) is 2.64. The highest BCUT2D eigenvalue weighted by Gasteiger charge is 2.49. The quantitative estimate of drug-likeness (QED) is 0.676. The van der Waals surface area contributed by atoms with E-state index >= 15 is 0 Å². The van der Waals surface area contributed by atoms with Gasteiger partial charge in [-0.05, 0) is 37.2 Å². The molecule has 1 aromatic rings. The summed E-state index contributed by atoms with van der Waals surface area (Å²) >= 11 is 0.972. The second kappa shape index (κ2) is 9.43. The summed E-state index contributed by atoms with van der Waals surface area (Å²) in [5, 5.41) is 2.07. The molecule has 0 aromatic heterocycles. The lowest BCUT2D eigenvalue weighted by Gasteiger charge is -2.26. The molecular weight excluding hydrogens is 392 g/mol. The minimum atomic E-state index is -0.689. The van der Waals surface area contributed by atoms with Gasteiger partial charge in [-0.15, -0.1) is 0 Å². The van der Waals surface area contributed by atoms with E-state index < -0.39 is 17.3 Å². The average Bonchev–Trinajstić information content (AvgIpc) is 3.48. The van der Waals surface area contributed by atoms with Crippen LogP contribution in [0.25, 0.3) is 0 Å². The molecule has 8 heteroatoms. The number of likely N-dealkylation sites (tertiary alicyclic amines) is 1. The minimum Gasteiger partial charge on any atom is -0.468 e. The summed E-state index contributed by atoms with van der Waals surface area (Å²) in [6.45, 7) is 1.33. The van der Waals surface area contributed by atoms with E-state index in [1.165, 1.54) is 14.0 Å². The lowest BCUT2D eigenvalue weighted by molar-refractivity contribution is -0.148. The van der Waals surface area contributed by atoms with E-state index in [0.29, 0.717) is 18.8 Å². The number of rotatable bonds is 7. The number of fused-ring (bicyclic) bond motifs is 1. The fraction of sp³-hybridized carbons (Fsp3) is 0.524. The number of benzene rings is 1. The zero-order valence-corrected chi connectivity index (χ0v) is 17.4. The van der Waals surface area contributed by atoms with Crippen molar-refractivity contribution in [3.8, 4) is 0 Å². The maximum absolute atomic E-state index is 13.0. The van der Waals surface area contributed by atoms with Crippen molar-refractivity contribution in [1.82, 2.24) is 10.2 Å². The lowest BCUT2D eigenvalue weighted by atomic mass is 10.1. The molecule has 2 aliphatic rings. The number of nitrogens with one attached hydrogen (secondary N) is 1. The molecule has 1 aliphatic heterocycles. The van der Waals surface area contributed by atoms with Gasteiger partial charge in [0.2, 0.25) is 11.8 Å². The normalized spacial score (nSPS) is 24.1. The Kier molecular flexibility index (Phi) is 6.95. The summed E-state index contributed by atoms with van der Waals surface area (Å²) in [6, 6.07) is 8.83. The highest BCUT2D eigenvalue weighted by atomic mass is 32.2. The van der Waals surface area contributed by atoms with Crippen molar-refractivity contribution in [2.75, 3.05) is 13.7 Å². The van der Waals surface area contributed by atoms with Gasteiger partial charge < -0.3 is 15.0 Å². The van der Waals surface area contributed by atoms with Crippen LogP contribution in [-0.4, -0.2) is 58.8 Å². The molecule has 1 saturated heterocycles. The van der Waals surface area contributed by atoms with Crippen molar-refractivity contribution in [2.24, 2.45) is 5.92 Å². The number of hydrogen-bond acceptors (Lipinski definition) is 6. The Bertz CT molecular complexity index is 785. The summed E-state index contributed by atoms with van der Waals surface area (Å²) < 4.78 is 4.71. The van der Waals surface area contributed by atoms with Crippen LogP contribution in [-0.2, 0) is 30.3 Å². The maximum Gasteiger partial charge on any atom is 0.325 e. The summed E-state index contributed by atoms with van der Waals surface area (Å²) in [5.74, 6) is -0.677. The number of carbonyl (C=O) groups is 4. The van der Waals surface area contributed by atoms with Crippen LogP contribution < -0.4 is 5.32 Å². The van der Waals surface area contributed by atoms with Crippen molar-refractivity contribution in [1.29, 1.82) is 0 Å². The number of carbonyl (C=O) groups excluding carboxylic acids is 4. The molecule has 2 unspecified atom stereocenters. The fourth-order valence-corrected chi connectivity index (χ4v) is 4.66. The number of methoxy groups -OCH3 is 1. The number of nitrogens with zero attached hydrogens (tertiary/aromatic N) is 1. The molecule has 1 aromatic carbocycles. The number of hydrogen-bond donors (Lipinski definition) is 1. The van der Waals surface area contributed by atoms with E-state index in [2.05, 4.69) is 5.32 Å². The molecule has 3 rings (SSSR count). The number of amides is 2. The Morgan fingerprint density at radius 3 is 2.62 bits per heavy atom. The summed E-state index contributed by atoms with van der Waals surface area (Å²) in [5.41, 5.74) is 0.946. The van der Waals surface area contributed by atoms with Crippen molar-refractivity contribution < 1.29 is 23.9 Å². The smallest absolute Gasteiger partial charge is 0.325 e. The Hall–Kier alpha value is -2.35. The molecule has 1 heterocycles. The Morgan fingerprint density at radius 1 is 1.24 bits per heavy atom. The molecule has 0 spiro atoms. The Balaban J connectivity index is 1.69. The molecule has 0 bridgehead atoms. The molecule has 156 valence electrons. The van der Waals surface area contributed by atoms with Crippen molar-refractivity contribution in [3.63, 3.8) is 0 Å². The van der Waals surface area contributed by atoms with Gasteiger partial charge in [-0.25, -0.2) is 0 Å². The van der Waals surface area contributed by atoms with Gasteiger partial charge in [-0.3, -0.25) is 19.2 Å². The third-order valence-corrected chi connectivity index (χ3v) is 6.40. The van der Waals surface area contributed by atoms with Crippen LogP contribution in [0.1, 0.15) is 31.7 Å². The number of ether oxygens (including phenoxy) is 1. The zero-order valence-electron chi connectivity index (χ0n) is 16.6. The summed E-state index contributed by atoms with van der Waals surface area (Å²) in [7, 11) is 1.29. The largest absolute Gasteiger partial charge is 0.468 e. The molecule has 1 saturated carbocycles. The summed E-state index contributed by atoms with van der Waals surface area (Å²) in [4.78, 5) is 50.9. The number of esters is 1. The molecule has 7 nitrogen and oxygen atoms in total. The Labute approximate surface area is 174 Å². The first-order chi connectivity index (χ1) is 13.9. The van der Waals surface area contributed by atoms with Gasteiger partial charge >= 0.3 is 5.97 Å². The average molecular weight is 419 g/mol. The Morgan fingerprint density at radius 2 is 1.97 bits per heavy atom. The third-order valence-electron chi connectivity index (χ3n) is 5.40. The lowest BCUT2D eigenvalue weighted by Crippen LogP contribution is -2.51. The standard InChI is InChI=1S/C21H26N2O5S/c1-13(24)29-18(10-14-6-4-3-5-7-14)20(26)22-16-9-8-15-11-17(15)23(21(16)27)12-19(25)28-2/h3-7,15-18H,8-12H2,1-2H3,(H,22,26)/t15?,16-,17?,18-/m0/s1. The maximum atomic E-state index is 13.0. The molecular formula is C21H26N2O5S. The van der Waals surface area contributed by atoms with Crippen molar-refractivity contribution in [2.45, 2.75) is 49.9 Å². The van der Waals surface area contributed by atoms with E-state index in [1.807, 2.05) is 30.3 Å². The first-order valence-electron chi connectivity index (χ1n) is 9.78. The molecule has 1 N–H and O–H groups in total. The molecule has 1 aliphatic carbocycles. The van der Waals surface area contributed by atoms with Gasteiger partial charge in [0.05, 0.1) is 12.4 Å². The van der Waals surface area contributed by atoms with Gasteiger partial charge in [0.25, 0.3) is 0 Å². The van der Waals surface area contributed by atoms with E-state index in [-0.39, 0.29) is 29.5 Å². The minimum absolute atomic E-state index is 0.0511. The third kappa shape index (κ3) is 5.59.